The van der Waals surface area contributed by atoms with Gasteiger partial charge in [0.15, 0.2) is 8.32 Å². The lowest BCUT2D eigenvalue weighted by Gasteiger charge is -2.43. The van der Waals surface area contributed by atoms with E-state index in [0.717, 1.165) is 5.75 Å². The third-order valence-corrected chi connectivity index (χ3v) is 15.1. The van der Waals surface area contributed by atoms with E-state index in [4.69, 9.17) is 37.9 Å². The van der Waals surface area contributed by atoms with E-state index >= 15 is 0 Å². The van der Waals surface area contributed by atoms with Crippen LogP contribution in [-0.4, -0.2) is 65.7 Å². The average Bonchev–Trinajstić information content (AvgIpc) is 2.67. The Morgan fingerprint density at radius 2 is 2.04 bits per heavy atom. The lowest BCUT2D eigenvalue weighted by molar-refractivity contribution is -0.0642. The summed E-state index contributed by atoms with van der Waals surface area (Å²) in [6, 6.07) is -0.502. The van der Waals surface area contributed by atoms with Crippen molar-refractivity contribution < 1.29 is 18.2 Å². The molecule has 2 fully saturated rings. The van der Waals surface area contributed by atoms with Crippen LogP contribution in [0.25, 0.3) is 0 Å². The Morgan fingerprint density at radius 3 is 2.50 bits per heavy atom. The van der Waals surface area contributed by atoms with Crippen molar-refractivity contribution in [3.05, 3.63) is 0 Å². The van der Waals surface area contributed by atoms with Crippen LogP contribution in [0.2, 0.25) is 18.1 Å². The van der Waals surface area contributed by atoms with Gasteiger partial charge in [-0.05, 0) is 31.5 Å². The Balaban J connectivity index is 2.24. The molecule has 0 aliphatic carbocycles. The van der Waals surface area contributed by atoms with Crippen molar-refractivity contribution in [1.82, 2.24) is 0 Å². The van der Waals surface area contributed by atoms with Crippen molar-refractivity contribution in [2.24, 2.45) is 0 Å². The molecule has 138 valence electrons. The first-order valence-electron chi connectivity index (χ1n) is 8.14. The normalized spacial score (nSPS) is 41.5. The van der Waals surface area contributed by atoms with E-state index in [1.165, 1.54) is 0 Å². The molecule has 2 radical (unpaired) electrons. The first-order valence-corrected chi connectivity index (χ1v) is 17.2. The molecule has 0 aromatic heterocycles. The van der Waals surface area contributed by atoms with Crippen LogP contribution in [0.4, 0.5) is 0 Å². The summed E-state index contributed by atoms with van der Waals surface area (Å²) >= 11 is 7.19. The van der Waals surface area contributed by atoms with Gasteiger partial charge in [-0.1, -0.05) is 44.0 Å². The lowest BCUT2D eigenvalue weighted by atomic mass is 9.90. The van der Waals surface area contributed by atoms with E-state index in [2.05, 4.69) is 33.9 Å². The molecule has 6 atom stereocenters. The summed E-state index contributed by atoms with van der Waals surface area (Å²) in [6.45, 7) is 15.6. The second kappa shape index (κ2) is 7.52. The highest BCUT2D eigenvalue weighted by molar-refractivity contribution is 8.69. The maximum absolute atomic E-state index is 6.61. The van der Waals surface area contributed by atoms with Crippen LogP contribution in [0, 0.1) is 0 Å². The molecule has 0 bridgehead atoms. The smallest absolute Gasteiger partial charge is 0.192 e. The Labute approximate surface area is 160 Å². The maximum Gasteiger partial charge on any atom is 0.192 e. The molecule has 2 aliphatic heterocycles. The van der Waals surface area contributed by atoms with Gasteiger partial charge < -0.3 is 18.2 Å². The van der Waals surface area contributed by atoms with Gasteiger partial charge in [0.2, 0.25) is 0 Å². The summed E-state index contributed by atoms with van der Waals surface area (Å²) in [5, 5.41) is 0.101. The second-order valence-corrected chi connectivity index (χ2v) is 21.4. The van der Waals surface area contributed by atoms with Gasteiger partial charge in [-0.3, -0.25) is 0 Å². The molecule has 0 N–H and O–H groups in total. The quantitative estimate of drug-likeness (QED) is 0.501. The standard InChI is InChI=1S/C14H29BO4P2S2Si/c1-13(2,3)24(6,7)19-10-11(18-20-4)14(17-12(10)15)8-16-21(5,22)23-9-14/h10-12,20H,8-9H2,1-7H3/t10-,11?,12+,14-,21?/m0/s1. The Morgan fingerprint density at radius 1 is 1.42 bits per heavy atom. The highest BCUT2D eigenvalue weighted by Crippen LogP contribution is 2.63. The highest BCUT2D eigenvalue weighted by Gasteiger charge is 2.58. The minimum absolute atomic E-state index is 0.101. The van der Waals surface area contributed by atoms with Gasteiger partial charge in [0.25, 0.3) is 0 Å². The van der Waals surface area contributed by atoms with Gasteiger partial charge >= 0.3 is 0 Å². The zero-order chi connectivity index (χ0) is 18.4. The minimum atomic E-state index is -1.99. The molecule has 0 amide bonds. The van der Waals surface area contributed by atoms with E-state index < -0.39 is 25.4 Å². The highest BCUT2D eigenvalue weighted by atomic mass is 32.9. The lowest BCUT2D eigenvalue weighted by Crippen LogP contribution is -2.54. The van der Waals surface area contributed by atoms with Crippen LogP contribution >= 0.6 is 25.7 Å². The van der Waals surface area contributed by atoms with Gasteiger partial charge in [-0.2, -0.15) is 0 Å². The minimum Gasteiger partial charge on any atom is -0.409 e. The van der Waals surface area contributed by atoms with Crippen LogP contribution in [0.3, 0.4) is 0 Å². The topological polar surface area (TPSA) is 36.9 Å². The van der Waals surface area contributed by atoms with Gasteiger partial charge in [0.1, 0.15) is 25.0 Å². The molecule has 2 saturated heterocycles. The van der Waals surface area contributed by atoms with Crippen LogP contribution in [0.1, 0.15) is 20.8 Å². The van der Waals surface area contributed by atoms with Crippen molar-refractivity contribution >= 4 is 53.6 Å². The predicted octanol–water partition coefficient (Wildman–Crippen LogP) is 3.95. The maximum atomic E-state index is 6.61. The molecule has 2 heterocycles. The van der Waals surface area contributed by atoms with E-state index in [1.54, 1.807) is 11.4 Å². The zero-order valence-corrected chi connectivity index (χ0v) is 20.1. The molecule has 2 rings (SSSR count). The Hall–Kier alpha value is 1.55. The van der Waals surface area contributed by atoms with Gasteiger partial charge in [-0.15, -0.1) is 0 Å². The number of hydrogen-bond acceptors (Lipinski definition) is 6. The van der Waals surface area contributed by atoms with Crippen LogP contribution < -0.4 is 0 Å². The second-order valence-electron chi connectivity index (χ2n) is 8.05. The number of ether oxygens (including phenoxy) is 1. The largest absolute Gasteiger partial charge is 0.409 e. The molecule has 10 heteroatoms. The molecule has 4 nitrogen and oxygen atoms in total. The van der Waals surface area contributed by atoms with Crippen LogP contribution in [0.15, 0.2) is 0 Å². The summed E-state index contributed by atoms with van der Waals surface area (Å²) in [6.07, 6.45) is -0.483. The van der Waals surface area contributed by atoms with Gasteiger partial charge in [0, 0.05) is 20.6 Å². The number of rotatable bonds is 4. The summed E-state index contributed by atoms with van der Waals surface area (Å²) in [5.41, 5.74) is -2.33. The van der Waals surface area contributed by atoms with E-state index in [-0.39, 0.29) is 17.2 Å². The molecular weight excluding hydrogens is 397 g/mol. The zero-order valence-electron chi connectivity index (χ0n) is 15.6. The molecule has 0 aromatic rings. The van der Waals surface area contributed by atoms with Crippen molar-refractivity contribution in [1.29, 1.82) is 0 Å². The fraction of sp³-hybridized carbons (Fsp3) is 1.00. The summed E-state index contributed by atoms with van der Waals surface area (Å²) in [4.78, 5) is 0. The van der Waals surface area contributed by atoms with E-state index in [9.17, 15) is 0 Å². The fourth-order valence-corrected chi connectivity index (χ4v) is 8.15. The summed E-state index contributed by atoms with van der Waals surface area (Å²) in [7, 11) is 4.69. The van der Waals surface area contributed by atoms with Gasteiger partial charge in [-0.25, -0.2) is 0 Å². The first kappa shape index (κ1) is 21.8. The molecule has 0 aromatic carbocycles. The van der Waals surface area contributed by atoms with Crippen LogP contribution in [-0.2, 0) is 30.0 Å². The Bertz CT molecular complexity index is 505. The molecule has 3 unspecified atom stereocenters. The van der Waals surface area contributed by atoms with Crippen LogP contribution in [0.5, 0.6) is 0 Å². The van der Waals surface area contributed by atoms with Gasteiger partial charge in [0.05, 0.1) is 12.7 Å². The van der Waals surface area contributed by atoms with E-state index in [1.807, 2.05) is 13.3 Å². The summed E-state index contributed by atoms with van der Waals surface area (Å²) in [5.74, 6) is 0.751. The molecule has 0 saturated carbocycles. The molecule has 24 heavy (non-hydrogen) atoms. The predicted molar refractivity (Wildman–Crippen MR) is 113 cm³/mol. The summed E-state index contributed by atoms with van der Waals surface area (Å²) < 4.78 is 24.9. The first-order chi connectivity index (χ1) is 10.8. The number of hydrogen-bond donors (Lipinski definition) is 0. The average molecular weight is 426 g/mol. The third kappa shape index (κ3) is 4.51. The molecule has 1 spiro atoms. The van der Waals surface area contributed by atoms with Crippen molar-refractivity contribution in [3.8, 4) is 0 Å². The van der Waals surface area contributed by atoms with Crippen molar-refractivity contribution in [3.63, 3.8) is 0 Å². The molecular formula is C14H29BO4P2S2Si. The SMILES string of the molecule is [B][C@@H]1O[C@]2(COP(C)(=S)SC2)C(OPC)[C@@H]1O[Si](C)(C)C(C)(C)C. The third-order valence-electron chi connectivity index (χ3n) is 5.08. The Kier molecular flexibility index (Phi) is 6.85. The monoisotopic (exact) mass is 426 g/mol. The van der Waals surface area contributed by atoms with E-state index in [0.29, 0.717) is 15.4 Å². The molecule has 2 aliphatic rings. The van der Waals surface area contributed by atoms with Crippen molar-refractivity contribution in [2.75, 3.05) is 25.7 Å². The van der Waals surface area contributed by atoms with Crippen molar-refractivity contribution in [2.45, 2.75) is 62.7 Å². The fourth-order valence-electron chi connectivity index (χ4n) is 2.59.